The molecule has 1 fully saturated rings. The summed E-state index contributed by atoms with van der Waals surface area (Å²) in [7, 11) is -2.32. The van der Waals surface area contributed by atoms with Crippen molar-refractivity contribution in [2.45, 2.75) is 76.3 Å². The molecule has 0 saturated heterocycles. The van der Waals surface area contributed by atoms with E-state index >= 15 is 0 Å². The molecule has 0 heterocycles. The van der Waals surface area contributed by atoms with Crippen LogP contribution in [0.4, 0.5) is 0 Å². The topological polar surface area (TPSA) is 84.5 Å². The Morgan fingerprint density at radius 3 is 2.44 bits per heavy atom. The predicted molar refractivity (Wildman–Crippen MR) is 107 cm³/mol. The molecular formula is C20H32N2O4S. The summed E-state index contributed by atoms with van der Waals surface area (Å²) in [6.45, 7) is 6.25. The third kappa shape index (κ3) is 6.21. The normalized spacial score (nSPS) is 16.5. The van der Waals surface area contributed by atoms with Crippen molar-refractivity contribution in [3.8, 4) is 5.75 Å². The van der Waals surface area contributed by atoms with Gasteiger partial charge in [-0.2, -0.15) is 0 Å². The summed E-state index contributed by atoms with van der Waals surface area (Å²) in [5, 5.41) is 2.95. The number of rotatable bonds is 9. The molecule has 2 rings (SSSR count). The van der Waals surface area contributed by atoms with Crippen molar-refractivity contribution in [1.82, 2.24) is 10.0 Å². The van der Waals surface area contributed by atoms with Crippen molar-refractivity contribution < 1.29 is 17.9 Å². The van der Waals surface area contributed by atoms with Gasteiger partial charge >= 0.3 is 0 Å². The largest absolute Gasteiger partial charge is 0.495 e. The number of hydrogen-bond acceptors (Lipinski definition) is 4. The fraction of sp³-hybridized carbons (Fsp3) is 0.650. The Balaban J connectivity index is 2.17. The maximum Gasteiger partial charge on any atom is 0.251 e. The summed E-state index contributed by atoms with van der Waals surface area (Å²) >= 11 is 0. The second-order valence-corrected chi connectivity index (χ2v) is 9.50. The van der Waals surface area contributed by atoms with E-state index in [0.717, 1.165) is 38.5 Å². The average Bonchev–Trinajstić information content (AvgIpc) is 3.11. The second kappa shape index (κ2) is 9.55. The monoisotopic (exact) mass is 396 g/mol. The molecule has 0 radical (unpaired) electrons. The molecule has 1 amide bonds. The van der Waals surface area contributed by atoms with Crippen LogP contribution in [0.2, 0.25) is 0 Å². The van der Waals surface area contributed by atoms with Gasteiger partial charge in [0.2, 0.25) is 10.0 Å². The molecule has 0 spiro atoms. The summed E-state index contributed by atoms with van der Waals surface area (Å²) in [6, 6.07) is 4.52. The van der Waals surface area contributed by atoms with Crippen LogP contribution in [0.1, 0.15) is 69.7 Å². The minimum atomic E-state index is -3.75. The SMILES string of the molecule is COc1ccc(C(=O)NC(C)CCC(C)C)cc1S(=O)(=O)NC1CCCC1. The fourth-order valence-corrected chi connectivity index (χ4v) is 4.82. The molecule has 7 heteroatoms. The van der Waals surface area contributed by atoms with Crippen LogP contribution in [0.25, 0.3) is 0 Å². The highest BCUT2D eigenvalue weighted by Gasteiger charge is 2.26. The molecule has 1 aromatic carbocycles. The van der Waals surface area contributed by atoms with Crippen LogP contribution < -0.4 is 14.8 Å². The van der Waals surface area contributed by atoms with Gasteiger partial charge in [-0.1, -0.05) is 26.7 Å². The standard InChI is InChI=1S/C20H32N2O4S/c1-14(2)9-10-15(3)21-20(23)16-11-12-18(26-4)19(13-16)27(24,25)22-17-7-5-6-8-17/h11-15,17,22H,5-10H2,1-4H3,(H,21,23). The Hall–Kier alpha value is -1.60. The lowest BCUT2D eigenvalue weighted by Crippen LogP contribution is -2.34. The average molecular weight is 397 g/mol. The zero-order valence-electron chi connectivity index (χ0n) is 16.7. The van der Waals surface area contributed by atoms with Crippen LogP contribution in [-0.2, 0) is 10.0 Å². The number of sulfonamides is 1. The van der Waals surface area contributed by atoms with Gasteiger partial charge in [0.1, 0.15) is 10.6 Å². The van der Waals surface area contributed by atoms with Gasteiger partial charge in [-0.05, 0) is 56.7 Å². The summed E-state index contributed by atoms with van der Waals surface area (Å²) in [4.78, 5) is 12.6. The number of benzene rings is 1. The molecule has 1 atom stereocenters. The maximum atomic E-state index is 12.8. The number of ether oxygens (including phenoxy) is 1. The minimum Gasteiger partial charge on any atom is -0.495 e. The Morgan fingerprint density at radius 2 is 1.85 bits per heavy atom. The van der Waals surface area contributed by atoms with E-state index in [2.05, 4.69) is 23.9 Å². The highest BCUT2D eigenvalue weighted by molar-refractivity contribution is 7.89. The molecule has 1 aliphatic carbocycles. The van der Waals surface area contributed by atoms with Gasteiger partial charge in [0.15, 0.2) is 0 Å². The van der Waals surface area contributed by atoms with E-state index in [9.17, 15) is 13.2 Å². The molecule has 1 aliphatic rings. The van der Waals surface area contributed by atoms with E-state index in [-0.39, 0.29) is 28.6 Å². The summed E-state index contributed by atoms with van der Waals surface area (Å²) in [5.41, 5.74) is 0.319. The van der Waals surface area contributed by atoms with Crippen molar-refractivity contribution in [2.75, 3.05) is 7.11 Å². The number of hydrogen-bond donors (Lipinski definition) is 2. The Kier molecular flexibility index (Phi) is 7.68. The molecular weight excluding hydrogens is 364 g/mol. The molecule has 6 nitrogen and oxygen atoms in total. The van der Waals surface area contributed by atoms with Crippen LogP contribution >= 0.6 is 0 Å². The zero-order valence-corrected chi connectivity index (χ0v) is 17.6. The van der Waals surface area contributed by atoms with Gasteiger partial charge < -0.3 is 10.1 Å². The van der Waals surface area contributed by atoms with Crippen molar-refractivity contribution in [2.24, 2.45) is 5.92 Å². The van der Waals surface area contributed by atoms with E-state index in [4.69, 9.17) is 4.74 Å². The third-order valence-corrected chi connectivity index (χ3v) is 6.49. The van der Waals surface area contributed by atoms with Crippen molar-refractivity contribution in [3.05, 3.63) is 23.8 Å². The molecule has 152 valence electrons. The van der Waals surface area contributed by atoms with Crippen LogP contribution in [0, 0.1) is 5.92 Å². The van der Waals surface area contributed by atoms with Crippen molar-refractivity contribution in [3.63, 3.8) is 0 Å². The van der Waals surface area contributed by atoms with Gasteiger partial charge in [-0.25, -0.2) is 13.1 Å². The van der Waals surface area contributed by atoms with Crippen LogP contribution in [0.5, 0.6) is 5.75 Å². The molecule has 2 N–H and O–H groups in total. The number of amides is 1. The molecule has 1 aromatic rings. The summed E-state index contributed by atoms with van der Waals surface area (Å²) in [6.07, 6.45) is 5.65. The van der Waals surface area contributed by atoms with Gasteiger partial charge in [0.05, 0.1) is 7.11 Å². The number of carbonyl (C=O) groups excluding carboxylic acids is 1. The van der Waals surface area contributed by atoms with Gasteiger partial charge in [-0.3, -0.25) is 4.79 Å². The van der Waals surface area contributed by atoms with E-state index in [1.807, 2.05) is 6.92 Å². The maximum absolute atomic E-state index is 12.8. The Morgan fingerprint density at radius 1 is 1.19 bits per heavy atom. The molecule has 27 heavy (non-hydrogen) atoms. The molecule has 1 saturated carbocycles. The van der Waals surface area contributed by atoms with Crippen LogP contribution in [0.15, 0.2) is 23.1 Å². The zero-order chi connectivity index (χ0) is 20.0. The van der Waals surface area contributed by atoms with E-state index < -0.39 is 10.0 Å². The highest BCUT2D eigenvalue weighted by atomic mass is 32.2. The van der Waals surface area contributed by atoms with Crippen LogP contribution in [-0.4, -0.2) is 33.5 Å². The van der Waals surface area contributed by atoms with Gasteiger partial charge in [0.25, 0.3) is 5.91 Å². The predicted octanol–water partition coefficient (Wildman–Crippen LogP) is 3.47. The first-order chi connectivity index (χ1) is 12.7. The smallest absolute Gasteiger partial charge is 0.251 e. The quantitative estimate of drug-likeness (QED) is 0.669. The van der Waals surface area contributed by atoms with E-state index in [1.165, 1.54) is 19.2 Å². The minimum absolute atomic E-state index is 0.0133. The second-order valence-electron chi connectivity index (χ2n) is 7.81. The first-order valence-electron chi connectivity index (χ1n) is 9.74. The lowest BCUT2D eigenvalue weighted by Gasteiger charge is -2.17. The van der Waals surface area contributed by atoms with Gasteiger partial charge in [0, 0.05) is 17.6 Å². The number of methoxy groups -OCH3 is 1. The van der Waals surface area contributed by atoms with E-state index in [0.29, 0.717) is 11.5 Å². The Bertz CT molecular complexity index is 740. The van der Waals surface area contributed by atoms with E-state index in [1.54, 1.807) is 6.07 Å². The Labute approximate surface area is 163 Å². The van der Waals surface area contributed by atoms with Crippen molar-refractivity contribution in [1.29, 1.82) is 0 Å². The number of carbonyl (C=O) groups is 1. The lowest BCUT2D eigenvalue weighted by molar-refractivity contribution is 0.0937. The lowest BCUT2D eigenvalue weighted by atomic mass is 10.0. The molecule has 0 aromatic heterocycles. The molecule has 1 unspecified atom stereocenters. The summed E-state index contributed by atoms with van der Waals surface area (Å²) in [5.74, 6) is 0.542. The molecule has 0 aliphatic heterocycles. The van der Waals surface area contributed by atoms with Gasteiger partial charge in [-0.15, -0.1) is 0 Å². The first kappa shape index (κ1) is 21.7. The number of nitrogens with one attached hydrogen (secondary N) is 2. The van der Waals surface area contributed by atoms with Crippen molar-refractivity contribution >= 4 is 15.9 Å². The van der Waals surface area contributed by atoms with Crippen LogP contribution in [0.3, 0.4) is 0 Å². The molecule has 0 bridgehead atoms. The fourth-order valence-electron chi connectivity index (χ4n) is 3.32. The first-order valence-corrected chi connectivity index (χ1v) is 11.2. The highest BCUT2D eigenvalue weighted by Crippen LogP contribution is 2.27. The summed E-state index contributed by atoms with van der Waals surface area (Å²) < 4.78 is 33.6. The third-order valence-electron chi connectivity index (χ3n) is 4.95.